The van der Waals surface area contributed by atoms with Crippen LogP contribution in [0.25, 0.3) is 0 Å². The smallest absolute Gasteiger partial charge is 0.0933 e. The molecule has 0 saturated heterocycles. The average Bonchev–Trinajstić information content (AvgIpc) is 2.33. The normalized spacial score (nSPS) is 19.4. The molecule has 0 saturated carbocycles. The summed E-state index contributed by atoms with van der Waals surface area (Å²) in [6.07, 6.45) is 5.74. The molecule has 1 rings (SSSR count). The third-order valence-corrected chi connectivity index (χ3v) is 2.36. The fourth-order valence-electron chi connectivity index (χ4n) is 1.75. The van der Waals surface area contributed by atoms with E-state index in [0.29, 0.717) is 0 Å². The molecule has 0 spiro atoms. The van der Waals surface area contributed by atoms with Crippen molar-refractivity contribution >= 4 is 0 Å². The van der Waals surface area contributed by atoms with E-state index in [0.717, 1.165) is 19.4 Å². The first-order valence-electron chi connectivity index (χ1n) is 5.41. The van der Waals surface area contributed by atoms with Crippen LogP contribution < -0.4 is 0 Å². The molecule has 0 unspecified atom stereocenters. The maximum absolute atomic E-state index is 5.52. The SMILES string of the molecule is CCCN1CCC=C(OCC)CC1. The van der Waals surface area contributed by atoms with Crippen LogP contribution in [-0.2, 0) is 4.74 Å². The van der Waals surface area contributed by atoms with Crippen molar-refractivity contribution in [1.29, 1.82) is 0 Å². The summed E-state index contributed by atoms with van der Waals surface area (Å²) < 4.78 is 5.52. The summed E-state index contributed by atoms with van der Waals surface area (Å²) in [5.41, 5.74) is 0. The van der Waals surface area contributed by atoms with Gasteiger partial charge in [0.15, 0.2) is 0 Å². The molecule has 0 fully saturated rings. The Morgan fingerprint density at radius 3 is 2.92 bits per heavy atom. The van der Waals surface area contributed by atoms with Gasteiger partial charge in [0, 0.05) is 19.5 Å². The predicted molar refractivity (Wildman–Crippen MR) is 55.7 cm³/mol. The van der Waals surface area contributed by atoms with Crippen molar-refractivity contribution in [1.82, 2.24) is 4.90 Å². The predicted octanol–water partition coefficient (Wildman–Crippen LogP) is 2.41. The van der Waals surface area contributed by atoms with E-state index in [2.05, 4.69) is 24.8 Å². The fraction of sp³-hybridized carbons (Fsp3) is 0.818. The van der Waals surface area contributed by atoms with E-state index in [1.807, 2.05) is 0 Å². The standard InChI is InChI=1S/C11H21NO/c1-3-8-12-9-5-6-11(7-10-12)13-4-2/h6H,3-5,7-10H2,1-2H3. The lowest BCUT2D eigenvalue weighted by atomic mass is 10.3. The van der Waals surface area contributed by atoms with E-state index in [-0.39, 0.29) is 0 Å². The van der Waals surface area contributed by atoms with Crippen LogP contribution in [0.5, 0.6) is 0 Å². The van der Waals surface area contributed by atoms with Crippen LogP contribution in [-0.4, -0.2) is 31.1 Å². The van der Waals surface area contributed by atoms with Crippen LogP contribution in [0.4, 0.5) is 0 Å². The Bertz CT molecular complexity index is 165. The van der Waals surface area contributed by atoms with Crippen molar-refractivity contribution in [2.45, 2.75) is 33.1 Å². The Kier molecular flexibility index (Phi) is 4.91. The molecule has 0 atom stereocenters. The van der Waals surface area contributed by atoms with Gasteiger partial charge in [0.2, 0.25) is 0 Å². The molecule has 2 nitrogen and oxygen atoms in total. The molecule has 0 bridgehead atoms. The van der Waals surface area contributed by atoms with Gasteiger partial charge >= 0.3 is 0 Å². The molecule has 2 heteroatoms. The second-order valence-corrected chi connectivity index (χ2v) is 3.48. The molecule has 1 aliphatic rings. The highest BCUT2D eigenvalue weighted by atomic mass is 16.5. The summed E-state index contributed by atoms with van der Waals surface area (Å²) in [5, 5.41) is 0. The summed E-state index contributed by atoms with van der Waals surface area (Å²) in [7, 11) is 0. The zero-order valence-electron chi connectivity index (χ0n) is 8.88. The van der Waals surface area contributed by atoms with E-state index < -0.39 is 0 Å². The molecule has 76 valence electrons. The van der Waals surface area contributed by atoms with Gasteiger partial charge in [-0.1, -0.05) is 6.92 Å². The Balaban J connectivity index is 2.30. The maximum Gasteiger partial charge on any atom is 0.0933 e. The molecule has 1 aliphatic heterocycles. The van der Waals surface area contributed by atoms with Crippen LogP contribution in [0.1, 0.15) is 33.1 Å². The summed E-state index contributed by atoms with van der Waals surface area (Å²) in [5.74, 6) is 1.20. The van der Waals surface area contributed by atoms with E-state index >= 15 is 0 Å². The number of nitrogens with zero attached hydrogens (tertiary/aromatic N) is 1. The van der Waals surface area contributed by atoms with Crippen molar-refractivity contribution in [3.8, 4) is 0 Å². The van der Waals surface area contributed by atoms with Gasteiger partial charge in [-0.2, -0.15) is 0 Å². The van der Waals surface area contributed by atoms with Crippen molar-refractivity contribution in [2.75, 3.05) is 26.2 Å². The number of hydrogen-bond acceptors (Lipinski definition) is 2. The van der Waals surface area contributed by atoms with Crippen molar-refractivity contribution in [2.24, 2.45) is 0 Å². The molecule has 0 amide bonds. The minimum absolute atomic E-state index is 0.805. The third kappa shape index (κ3) is 3.81. The zero-order chi connectivity index (χ0) is 9.52. The van der Waals surface area contributed by atoms with Gasteiger partial charge in [-0.15, -0.1) is 0 Å². The third-order valence-electron chi connectivity index (χ3n) is 2.36. The first kappa shape index (κ1) is 10.6. The van der Waals surface area contributed by atoms with Gasteiger partial charge in [-0.3, -0.25) is 0 Å². The molecular weight excluding hydrogens is 162 g/mol. The Morgan fingerprint density at radius 1 is 1.38 bits per heavy atom. The van der Waals surface area contributed by atoms with Crippen LogP contribution in [0, 0.1) is 0 Å². The van der Waals surface area contributed by atoms with Gasteiger partial charge in [0.1, 0.15) is 0 Å². The molecule has 0 aromatic rings. The highest BCUT2D eigenvalue weighted by molar-refractivity contribution is 4.96. The molecule has 13 heavy (non-hydrogen) atoms. The number of ether oxygens (including phenoxy) is 1. The van der Waals surface area contributed by atoms with Crippen molar-refractivity contribution < 1.29 is 4.74 Å². The van der Waals surface area contributed by atoms with Gasteiger partial charge in [-0.25, -0.2) is 0 Å². The molecule has 0 N–H and O–H groups in total. The highest BCUT2D eigenvalue weighted by Crippen LogP contribution is 2.12. The summed E-state index contributed by atoms with van der Waals surface area (Å²) in [6, 6.07) is 0. The minimum Gasteiger partial charge on any atom is -0.499 e. The lowest BCUT2D eigenvalue weighted by Gasteiger charge is -2.18. The molecular formula is C11H21NO. The molecule has 0 radical (unpaired) electrons. The Morgan fingerprint density at radius 2 is 2.23 bits per heavy atom. The average molecular weight is 183 g/mol. The van der Waals surface area contributed by atoms with Crippen LogP contribution in [0.2, 0.25) is 0 Å². The van der Waals surface area contributed by atoms with E-state index in [9.17, 15) is 0 Å². The van der Waals surface area contributed by atoms with E-state index in [1.165, 1.54) is 31.8 Å². The minimum atomic E-state index is 0.805. The summed E-state index contributed by atoms with van der Waals surface area (Å²) in [4.78, 5) is 2.52. The maximum atomic E-state index is 5.52. The first-order chi connectivity index (χ1) is 6.36. The largest absolute Gasteiger partial charge is 0.499 e. The van der Waals surface area contributed by atoms with Crippen LogP contribution in [0.3, 0.4) is 0 Å². The number of rotatable bonds is 4. The van der Waals surface area contributed by atoms with E-state index in [1.54, 1.807) is 0 Å². The quantitative estimate of drug-likeness (QED) is 0.663. The van der Waals surface area contributed by atoms with Gasteiger partial charge in [-0.05, 0) is 32.4 Å². The summed E-state index contributed by atoms with van der Waals surface area (Å²) in [6.45, 7) is 8.69. The van der Waals surface area contributed by atoms with Crippen LogP contribution in [0.15, 0.2) is 11.8 Å². The second-order valence-electron chi connectivity index (χ2n) is 3.48. The van der Waals surface area contributed by atoms with Gasteiger partial charge in [0.05, 0.1) is 12.4 Å². The van der Waals surface area contributed by atoms with Crippen LogP contribution >= 0.6 is 0 Å². The second kappa shape index (κ2) is 6.03. The highest BCUT2D eigenvalue weighted by Gasteiger charge is 2.09. The Labute approximate surface area is 81.6 Å². The first-order valence-corrected chi connectivity index (χ1v) is 5.41. The lowest BCUT2D eigenvalue weighted by molar-refractivity contribution is 0.207. The molecule has 0 aromatic heterocycles. The van der Waals surface area contributed by atoms with Gasteiger partial charge < -0.3 is 9.64 Å². The molecule has 0 aromatic carbocycles. The zero-order valence-corrected chi connectivity index (χ0v) is 8.88. The fourth-order valence-corrected chi connectivity index (χ4v) is 1.75. The lowest BCUT2D eigenvalue weighted by Crippen LogP contribution is -2.25. The summed E-state index contributed by atoms with van der Waals surface area (Å²) >= 11 is 0. The topological polar surface area (TPSA) is 12.5 Å². The monoisotopic (exact) mass is 183 g/mol. The van der Waals surface area contributed by atoms with Crippen molar-refractivity contribution in [3.05, 3.63) is 11.8 Å². The van der Waals surface area contributed by atoms with E-state index in [4.69, 9.17) is 4.74 Å². The Hall–Kier alpha value is -0.500. The van der Waals surface area contributed by atoms with Gasteiger partial charge in [0.25, 0.3) is 0 Å². The molecule has 0 aliphatic carbocycles. The van der Waals surface area contributed by atoms with Crippen molar-refractivity contribution in [3.63, 3.8) is 0 Å². The number of hydrogen-bond donors (Lipinski definition) is 0. The molecule has 1 heterocycles.